The van der Waals surface area contributed by atoms with Crippen molar-refractivity contribution in [3.8, 4) is 0 Å². The van der Waals surface area contributed by atoms with Crippen LogP contribution in [0, 0.1) is 5.82 Å². The maximum Gasteiger partial charge on any atom is 0.123 e. The summed E-state index contributed by atoms with van der Waals surface area (Å²) in [5.74, 6) is -0.348. The molecule has 3 aromatic rings. The van der Waals surface area contributed by atoms with Crippen molar-refractivity contribution >= 4 is 10.9 Å². The van der Waals surface area contributed by atoms with E-state index in [-0.39, 0.29) is 5.82 Å². The number of hydrogen-bond acceptors (Lipinski definition) is 2. The first-order chi connectivity index (χ1) is 10.0. The predicted molar refractivity (Wildman–Crippen MR) is 81.4 cm³/mol. The van der Waals surface area contributed by atoms with E-state index in [9.17, 15) is 9.50 Å². The number of hydrogen-bond donors (Lipinski definition) is 1. The van der Waals surface area contributed by atoms with E-state index in [2.05, 4.69) is 4.98 Å². The first-order valence-corrected chi connectivity index (χ1v) is 6.88. The van der Waals surface area contributed by atoms with Crippen LogP contribution >= 0.6 is 0 Å². The normalized spacial score (nSPS) is 14.0. The second kappa shape index (κ2) is 5.26. The Morgan fingerprint density at radius 3 is 2.67 bits per heavy atom. The van der Waals surface area contributed by atoms with Crippen molar-refractivity contribution in [2.75, 3.05) is 0 Å². The van der Waals surface area contributed by atoms with Crippen molar-refractivity contribution in [2.24, 2.45) is 0 Å². The molecule has 0 radical (unpaired) electrons. The molecule has 0 aliphatic rings. The van der Waals surface area contributed by atoms with Gasteiger partial charge in [0.15, 0.2) is 0 Å². The molecule has 0 fully saturated rings. The molecule has 0 saturated carbocycles. The van der Waals surface area contributed by atoms with Gasteiger partial charge in [-0.3, -0.25) is 4.98 Å². The first kappa shape index (κ1) is 13.7. The van der Waals surface area contributed by atoms with Crippen LogP contribution in [0.2, 0.25) is 0 Å². The molecule has 1 aromatic heterocycles. The third-order valence-corrected chi connectivity index (χ3v) is 3.63. The van der Waals surface area contributed by atoms with Gasteiger partial charge in [0.2, 0.25) is 0 Å². The summed E-state index contributed by atoms with van der Waals surface area (Å²) >= 11 is 0. The lowest BCUT2D eigenvalue weighted by atomic mass is 9.90. The number of fused-ring (bicyclic) bond motifs is 1. The molecule has 0 spiro atoms. The largest absolute Gasteiger partial charge is 0.385 e. The minimum atomic E-state index is -1.16. The molecular weight excluding hydrogens is 265 g/mol. The molecular formula is C18H16FNO. The lowest BCUT2D eigenvalue weighted by Crippen LogP contribution is -2.25. The Hall–Kier alpha value is -2.26. The Morgan fingerprint density at radius 2 is 1.86 bits per heavy atom. The third kappa shape index (κ3) is 2.93. The molecule has 1 unspecified atom stereocenters. The second-order valence-corrected chi connectivity index (χ2v) is 5.46. The average Bonchev–Trinajstić information content (AvgIpc) is 2.47. The van der Waals surface area contributed by atoms with E-state index in [0.717, 1.165) is 16.6 Å². The molecule has 0 aliphatic carbocycles. The number of rotatable bonds is 3. The molecule has 0 aliphatic heterocycles. The minimum Gasteiger partial charge on any atom is -0.385 e. The Bertz CT molecular complexity index is 783. The lowest BCUT2D eigenvalue weighted by molar-refractivity contribution is 0.0563. The minimum absolute atomic E-state index is 0.335. The van der Waals surface area contributed by atoms with Gasteiger partial charge in [-0.05, 0) is 36.8 Å². The van der Waals surface area contributed by atoms with Gasteiger partial charge in [0.1, 0.15) is 5.82 Å². The topological polar surface area (TPSA) is 33.1 Å². The SMILES string of the molecule is CC(O)(Cc1ccc2ccccc2n1)c1cccc(F)c1. The van der Waals surface area contributed by atoms with Crippen LogP contribution in [-0.2, 0) is 12.0 Å². The van der Waals surface area contributed by atoms with Crippen molar-refractivity contribution in [1.29, 1.82) is 0 Å². The third-order valence-electron chi connectivity index (χ3n) is 3.63. The molecule has 0 bridgehead atoms. The molecule has 1 atom stereocenters. The van der Waals surface area contributed by atoms with Gasteiger partial charge in [-0.25, -0.2) is 4.39 Å². The maximum atomic E-state index is 13.3. The van der Waals surface area contributed by atoms with E-state index in [4.69, 9.17) is 0 Å². The Kier molecular flexibility index (Phi) is 3.43. The summed E-state index contributed by atoms with van der Waals surface area (Å²) in [6.07, 6.45) is 0.335. The van der Waals surface area contributed by atoms with E-state index >= 15 is 0 Å². The highest BCUT2D eigenvalue weighted by molar-refractivity contribution is 5.78. The van der Waals surface area contributed by atoms with Crippen molar-refractivity contribution in [3.63, 3.8) is 0 Å². The highest BCUT2D eigenvalue weighted by atomic mass is 19.1. The van der Waals surface area contributed by atoms with Gasteiger partial charge in [0, 0.05) is 17.5 Å². The number of benzene rings is 2. The fourth-order valence-corrected chi connectivity index (χ4v) is 2.48. The number of halogens is 1. The summed E-state index contributed by atoms with van der Waals surface area (Å²) in [7, 11) is 0. The van der Waals surface area contributed by atoms with Gasteiger partial charge in [-0.1, -0.05) is 36.4 Å². The van der Waals surface area contributed by atoms with Crippen LogP contribution in [0.15, 0.2) is 60.7 Å². The van der Waals surface area contributed by atoms with Gasteiger partial charge in [0.25, 0.3) is 0 Å². The van der Waals surface area contributed by atoms with E-state index in [0.29, 0.717) is 12.0 Å². The van der Waals surface area contributed by atoms with Crippen molar-refractivity contribution in [2.45, 2.75) is 18.9 Å². The lowest BCUT2D eigenvalue weighted by Gasteiger charge is -2.23. The number of aliphatic hydroxyl groups is 1. The van der Waals surface area contributed by atoms with Gasteiger partial charge in [-0.2, -0.15) is 0 Å². The van der Waals surface area contributed by atoms with E-state index in [1.165, 1.54) is 12.1 Å². The van der Waals surface area contributed by atoms with Crippen molar-refractivity contribution in [1.82, 2.24) is 4.98 Å². The fourth-order valence-electron chi connectivity index (χ4n) is 2.48. The summed E-state index contributed by atoms with van der Waals surface area (Å²) in [5, 5.41) is 11.7. The Balaban J connectivity index is 1.93. The zero-order valence-electron chi connectivity index (χ0n) is 11.8. The van der Waals surface area contributed by atoms with Crippen molar-refractivity contribution in [3.05, 3.63) is 77.7 Å². The summed E-state index contributed by atoms with van der Waals surface area (Å²) in [6.45, 7) is 1.68. The van der Waals surface area contributed by atoms with Gasteiger partial charge in [-0.15, -0.1) is 0 Å². The second-order valence-electron chi connectivity index (χ2n) is 5.46. The summed E-state index contributed by atoms with van der Waals surface area (Å²) in [5.41, 5.74) is 1.07. The molecule has 1 N–H and O–H groups in total. The Labute approximate surface area is 122 Å². The molecule has 3 heteroatoms. The zero-order valence-corrected chi connectivity index (χ0v) is 11.8. The number of pyridine rings is 1. The highest BCUT2D eigenvalue weighted by Gasteiger charge is 2.24. The van der Waals surface area contributed by atoms with Crippen LogP contribution in [0.5, 0.6) is 0 Å². The molecule has 106 valence electrons. The number of aromatic nitrogens is 1. The zero-order chi connectivity index (χ0) is 14.9. The number of nitrogens with zero attached hydrogens (tertiary/aromatic N) is 1. The molecule has 2 nitrogen and oxygen atoms in total. The van der Waals surface area contributed by atoms with Crippen LogP contribution in [0.3, 0.4) is 0 Å². The monoisotopic (exact) mass is 281 g/mol. The molecule has 21 heavy (non-hydrogen) atoms. The molecule has 2 aromatic carbocycles. The standard InChI is InChI=1S/C18H16FNO/c1-18(21,14-6-4-7-15(19)11-14)12-16-10-9-13-5-2-3-8-17(13)20-16/h2-11,21H,12H2,1H3. The maximum absolute atomic E-state index is 13.3. The predicted octanol–water partition coefficient (Wildman–Crippen LogP) is 3.82. The summed E-state index contributed by atoms with van der Waals surface area (Å²) in [4.78, 5) is 4.55. The highest BCUT2D eigenvalue weighted by Crippen LogP contribution is 2.26. The first-order valence-electron chi connectivity index (χ1n) is 6.88. The van der Waals surface area contributed by atoms with Crippen LogP contribution in [0.4, 0.5) is 4.39 Å². The summed E-state index contributed by atoms with van der Waals surface area (Å²) in [6, 6.07) is 17.8. The van der Waals surface area contributed by atoms with E-state index < -0.39 is 5.60 Å². The van der Waals surface area contributed by atoms with E-state index in [1.54, 1.807) is 19.1 Å². The Morgan fingerprint density at radius 1 is 1.05 bits per heavy atom. The average molecular weight is 281 g/mol. The smallest absolute Gasteiger partial charge is 0.123 e. The molecule has 3 rings (SSSR count). The van der Waals surface area contributed by atoms with Crippen LogP contribution in [-0.4, -0.2) is 10.1 Å². The van der Waals surface area contributed by atoms with Crippen LogP contribution in [0.25, 0.3) is 10.9 Å². The van der Waals surface area contributed by atoms with Gasteiger partial charge >= 0.3 is 0 Å². The van der Waals surface area contributed by atoms with Gasteiger partial charge < -0.3 is 5.11 Å². The quantitative estimate of drug-likeness (QED) is 0.791. The van der Waals surface area contributed by atoms with Crippen LogP contribution < -0.4 is 0 Å². The molecule has 0 saturated heterocycles. The number of para-hydroxylation sites is 1. The fraction of sp³-hybridized carbons (Fsp3) is 0.167. The van der Waals surface area contributed by atoms with Crippen LogP contribution in [0.1, 0.15) is 18.2 Å². The van der Waals surface area contributed by atoms with Gasteiger partial charge in [0.05, 0.1) is 11.1 Å². The van der Waals surface area contributed by atoms with Crippen molar-refractivity contribution < 1.29 is 9.50 Å². The molecule has 1 heterocycles. The van der Waals surface area contributed by atoms with E-state index in [1.807, 2.05) is 36.4 Å². The summed E-state index contributed by atoms with van der Waals surface area (Å²) < 4.78 is 13.3. The molecule has 0 amide bonds.